The Morgan fingerprint density at radius 3 is 1.82 bits per heavy atom. The normalized spacial score (nSPS) is 12.2. The van der Waals surface area contributed by atoms with Crippen molar-refractivity contribution in [3.63, 3.8) is 0 Å². The smallest absolute Gasteiger partial charge is 0.333 e. The summed E-state index contributed by atoms with van der Waals surface area (Å²) in [6.07, 6.45) is 0. The molecule has 0 saturated carbocycles. The molecule has 0 aliphatic rings. The monoisotopic (exact) mass is 178 g/mol. The van der Waals surface area contributed by atoms with Gasteiger partial charge in [0, 0.05) is 5.57 Å². The SMILES string of the molecule is C/C(C(=O)O)=C(\CCl)C(=O)O. The third kappa shape index (κ3) is 2.59. The van der Waals surface area contributed by atoms with Crippen molar-refractivity contribution < 1.29 is 19.8 Å². The van der Waals surface area contributed by atoms with Gasteiger partial charge in [0.25, 0.3) is 0 Å². The van der Waals surface area contributed by atoms with Crippen LogP contribution in [-0.2, 0) is 9.59 Å². The Kier molecular flexibility index (Phi) is 3.60. The summed E-state index contributed by atoms with van der Waals surface area (Å²) in [7, 11) is 0. The summed E-state index contributed by atoms with van der Waals surface area (Å²) < 4.78 is 0. The second-order valence-corrected chi connectivity index (χ2v) is 2.11. The molecule has 0 atom stereocenters. The molecule has 4 nitrogen and oxygen atoms in total. The highest BCUT2D eigenvalue weighted by Crippen LogP contribution is 2.06. The second kappa shape index (κ2) is 3.98. The van der Waals surface area contributed by atoms with E-state index in [-0.39, 0.29) is 17.0 Å². The van der Waals surface area contributed by atoms with Crippen LogP contribution in [0.3, 0.4) is 0 Å². The topological polar surface area (TPSA) is 74.6 Å². The fourth-order valence-electron chi connectivity index (χ4n) is 0.447. The van der Waals surface area contributed by atoms with Gasteiger partial charge in [-0.15, -0.1) is 11.6 Å². The van der Waals surface area contributed by atoms with Crippen LogP contribution in [0.15, 0.2) is 11.1 Å². The van der Waals surface area contributed by atoms with Crippen LogP contribution in [0.5, 0.6) is 0 Å². The number of carbonyl (C=O) groups is 2. The predicted molar refractivity (Wildman–Crippen MR) is 38.7 cm³/mol. The van der Waals surface area contributed by atoms with E-state index in [4.69, 9.17) is 21.8 Å². The van der Waals surface area contributed by atoms with Gasteiger partial charge in [-0.1, -0.05) is 0 Å². The summed E-state index contributed by atoms with van der Waals surface area (Å²) in [4.78, 5) is 20.5. The molecule has 0 rings (SSSR count). The summed E-state index contributed by atoms with van der Waals surface area (Å²) in [5.41, 5.74) is -0.508. The Hall–Kier alpha value is -1.03. The van der Waals surface area contributed by atoms with Gasteiger partial charge in [-0.05, 0) is 6.92 Å². The number of hydrogen-bond donors (Lipinski definition) is 2. The lowest BCUT2D eigenvalue weighted by Gasteiger charge is -1.98. The lowest BCUT2D eigenvalue weighted by molar-refractivity contribution is -0.135. The van der Waals surface area contributed by atoms with Crippen LogP contribution in [0.2, 0.25) is 0 Å². The van der Waals surface area contributed by atoms with Gasteiger partial charge in [0.2, 0.25) is 0 Å². The Morgan fingerprint density at radius 2 is 1.73 bits per heavy atom. The number of hydrogen-bond acceptors (Lipinski definition) is 2. The lowest BCUT2D eigenvalue weighted by atomic mass is 10.1. The van der Waals surface area contributed by atoms with Gasteiger partial charge < -0.3 is 10.2 Å². The third-order valence-corrected chi connectivity index (χ3v) is 1.43. The highest BCUT2D eigenvalue weighted by Gasteiger charge is 2.14. The maximum atomic E-state index is 10.3. The molecule has 0 aromatic carbocycles. The van der Waals surface area contributed by atoms with E-state index >= 15 is 0 Å². The first-order chi connectivity index (χ1) is 5.00. The number of alkyl halides is 1. The van der Waals surface area contributed by atoms with Crippen molar-refractivity contribution in [1.82, 2.24) is 0 Å². The molecule has 0 aromatic rings. The van der Waals surface area contributed by atoms with Crippen molar-refractivity contribution in [3.05, 3.63) is 11.1 Å². The summed E-state index contributed by atoms with van der Waals surface area (Å²) >= 11 is 5.20. The minimum absolute atomic E-state index is 0.229. The fraction of sp³-hybridized carbons (Fsp3) is 0.333. The predicted octanol–water partition coefficient (Wildman–Crippen LogP) is 0.711. The maximum absolute atomic E-state index is 10.3. The molecule has 2 N–H and O–H groups in total. The Balaban J connectivity index is 4.83. The average molecular weight is 179 g/mol. The van der Waals surface area contributed by atoms with Crippen LogP contribution in [0.25, 0.3) is 0 Å². The molecule has 11 heavy (non-hydrogen) atoms. The number of halogens is 1. The molecule has 0 fully saturated rings. The van der Waals surface area contributed by atoms with Crippen molar-refractivity contribution in [2.75, 3.05) is 5.88 Å². The summed E-state index contributed by atoms with van der Waals surface area (Å²) in [5, 5.41) is 16.7. The van der Waals surface area contributed by atoms with Gasteiger partial charge >= 0.3 is 11.9 Å². The van der Waals surface area contributed by atoms with E-state index in [1.165, 1.54) is 6.92 Å². The zero-order valence-electron chi connectivity index (χ0n) is 5.80. The highest BCUT2D eigenvalue weighted by atomic mass is 35.5. The van der Waals surface area contributed by atoms with Crippen molar-refractivity contribution in [1.29, 1.82) is 0 Å². The summed E-state index contributed by atoms with van der Waals surface area (Å²) in [6.45, 7) is 1.20. The first-order valence-electron chi connectivity index (χ1n) is 2.73. The molecule has 0 unspecified atom stereocenters. The van der Waals surface area contributed by atoms with E-state index in [0.29, 0.717) is 0 Å². The van der Waals surface area contributed by atoms with Gasteiger partial charge in [0.15, 0.2) is 0 Å². The van der Waals surface area contributed by atoms with E-state index < -0.39 is 11.9 Å². The van der Waals surface area contributed by atoms with Gasteiger partial charge in [0.05, 0.1) is 11.5 Å². The van der Waals surface area contributed by atoms with Crippen LogP contribution >= 0.6 is 11.6 Å². The molecule has 0 amide bonds. The first-order valence-corrected chi connectivity index (χ1v) is 3.26. The van der Waals surface area contributed by atoms with Crippen LogP contribution < -0.4 is 0 Å². The Labute approximate surface area is 68.1 Å². The van der Waals surface area contributed by atoms with Crippen LogP contribution in [0.1, 0.15) is 6.92 Å². The lowest BCUT2D eigenvalue weighted by Crippen LogP contribution is -2.10. The van der Waals surface area contributed by atoms with Crippen molar-refractivity contribution >= 4 is 23.5 Å². The fourth-order valence-corrected chi connectivity index (χ4v) is 0.762. The van der Waals surface area contributed by atoms with E-state index in [1.54, 1.807) is 0 Å². The third-order valence-electron chi connectivity index (χ3n) is 1.17. The summed E-state index contributed by atoms with van der Waals surface area (Å²) in [6, 6.07) is 0. The molecule has 0 heterocycles. The number of aliphatic carboxylic acids is 2. The van der Waals surface area contributed by atoms with Crippen LogP contribution in [0, 0.1) is 0 Å². The minimum Gasteiger partial charge on any atom is -0.478 e. The molecule has 5 heteroatoms. The van der Waals surface area contributed by atoms with Crippen molar-refractivity contribution in [2.45, 2.75) is 6.92 Å². The quantitative estimate of drug-likeness (QED) is 0.493. The zero-order chi connectivity index (χ0) is 9.02. The molecule has 0 radical (unpaired) electrons. The standard InChI is InChI=1S/C6H7ClO4/c1-3(5(8)9)4(2-7)6(10)11/h2H2,1H3,(H,8,9)(H,10,11)/b4-3-. The molecule has 62 valence electrons. The Bertz CT molecular complexity index is 219. The van der Waals surface area contributed by atoms with Gasteiger partial charge in [-0.3, -0.25) is 0 Å². The largest absolute Gasteiger partial charge is 0.478 e. The molecular formula is C6H7ClO4. The zero-order valence-corrected chi connectivity index (χ0v) is 6.55. The van der Waals surface area contributed by atoms with Crippen LogP contribution in [-0.4, -0.2) is 28.0 Å². The van der Waals surface area contributed by atoms with E-state index in [2.05, 4.69) is 0 Å². The van der Waals surface area contributed by atoms with E-state index in [9.17, 15) is 9.59 Å². The molecule has 0 aliphatic heterocycles. The minimum atomic E-state index is -1.29. The number of carboxylic acid groups (broad SMARTS) is 2. The molecular weight excluding hydrogens is 172 g/mol. The maximum Gasteiger partial charge on any atom is 0.333 e. The van der Waals surface area contributed by atoms with E-state index in [1.807, 2.05) is 0 Å². The van der Waals surface area contributed by atoms with Crippen molar-refractivity contribution in [2.24, 2.45) is 0 Å². The molecule has 0 aromatic heterocycles. The molecule has 0 bridgehead atoms. The van der Waals surface area contributed by atoms with Crippen molar-refractivity contribution in [3.8, 4) is 0 Å². The average Bonchev–Trinajstić information content (AvgIpc) is 1.88. The van der Waals surface area contributed by atoms with Gasteiger partial charge in [-0.2, -0.15) is 0 Å². The van der Waals surface area contributed by atoms with Gasteiger partial charge in [-0.25, -0.2) is 9.59 Å². The highest BCUT2D eigenvalue weighted by molar-refractivity contribution is 6.23. The molecule has 0 spiro atoms. The molecule has 0 saturated heterocycles. The van der Waals surface area contributed by atoms with Crippen LogP contribution in [0.4, 0.5) is 0 Å². The van der Waals surface area contributed by atoms with E-state index in [0.717, 1.165) is 0 Å². The Morgan fingerprint density at radius 1 is 1.27 bits per heavy atom. The first kappa shape index (κ1) is 9.97. The number of carboxylic acids is 2. The number of rotatable bonds is 3. The summed E-state index contributed by atoms with van der Waals surface area (Å²) in [5.74, 6) is -2.85. The second-order valence-electron chi connectivity index (χ2n) is 1.85. The molecule has 0 aliphatic carbocycles. The van der Waals surface area contributed by atoms with Gasteiger partial charge in [0.1, 0.15) is 0 Å².